The molecule has 1 aromatic rings. The fourth-order valence-electron chi connectivity index (χ4n) is 0.799. The average molecular weight is 254 g/mol. The van der Waals surface area contributed by atoms with Crippen LogP contribution in [0.4, 0.5) is 5.69 Å². The predicted molar refractivity (Wildman–Crippen MR) is 55.9 cm³/mol. The highest BCUT2D eigenvalue weighted by Crippen LogP contribution is 2.21. The zero-order valence-corrected chi connectivity index (χ0v) is 8.97. The number of hydrogen-bond acceptors (Lipinski definition) is 3. The Labute approximate surface area is 86.9 Å². The molecule has 0 aliphatic heterocycles. The monoisotopic (exact) mass is 252 g/mol. The second kappa shape index (κ2) is 6.11. The Hall–Kier alpha value is -0.450. The third-order valence-electron chi connectivity index (χ3n) is 1.29. The van der Waals surface area contributed by atoms with Crippen molar-refractivity contribution in [2.45, 2.75) is 0 Å². The number of para-hydroxylation sites is 2. The first kappa shape index (κ1) is 11.6. The van der Waals surface area contributed by atoms with Crippen LogP contribution in [0, 0.1) is 0 Å². The third kappa shape index (κ3) is 2.89. The molecular weight excluding hydrogens is 243 g/mol. The van der Waals surface area contributed by atoms with Crippen LogP contribution in [-0.2, 0) is 0 Å². The zero-order valence-electron chi connectivity index (χ0n) is 6.50. The molecule has 0 spiro atoms. The predicted octanol–water partition coefficient (Wildman–Crippen LogP) is 2.34. The standard InChI is InChI=1S/C7H9ClN2O.BrH/c1-11-7-5-3-2-4-6(7)9-10-8;/h2-5,9-10H,1H3;1H. The van der Waals surface area contributed by atoms with Crippen LogP contribution < -0.4 is 15.1 Å². The zero-order chi connectivity index (χ0) is 8.10. The van der Waals surface area contributed by atoms with Gasteiger partial charge in [-0.25, -0.2) is 0 Å². The molecule has 12 heavy (non-hydrogen) atoms. The highest BCUT2D eigenvalue weighted by molar-refractivity contribution is 8.93. The van der Waals surface area contributed by atoms with E-state index in [0.717, 1.165) is 11.4 Å². The van der Waals surface area contributed by atoms with E-state index in [1.165, 1.54) is 0 Å². The SMILES string of the molecule is Br.COc1ccccc1NNCl. The van der Waals surface area contributed by atoms with Crippen LogP contribution in [0.5, 0.6) is 5.75 Å². The lowest BCUT2D eigenvalue weighted by molar-refractivity contribution is 0.416. The first-order chi connectivity index (χ1) is 5.38. The fourth-order valence-corrected chi connectivity index (χ4v) is 0.901. The number of benzene rings is 1. The molecule has 0 heterocycles. The molecular formula is C7H10BrClN2O. The van der Waals surface area contributed by atoms with E-state index in [9.17, 15) is 0 Å². The van der Waals surface area contributed by atoms with Gasteiger partial charge in [-0.1, -0.05) is 12.1 Å². The molecule has 0 bridgehead atoms. The molecule has 3 nitrogen and oxygen atoms in total. The molecule has 0 radical (unpaired) electrons. The summed E-state index contributed by atoms with van der Waals surface area (Å²) in [6.45, 7) is 0. The quantitative estimate of drug-likeness (QED) is 0.641. The Morgan fingerprint density at radius 1 is 1.33 bits per heavy atom. The van der Waals surface area contributed by atoms with Crippen molar-refractivity contribution < 1.29 is 4.74 Å². The van der Waals surface area contributed by atoms with Crippen LogP contribution in [0.3, 0.4) is 0 Å². The number of hydrogen-bond donors (Lipinski definition) is 2. The molecule has 0 fully saturated rings. The van der Waals surface area contributed by atoms with Gasteiger partial charge >= 0.3 is 0 Å². The van der Waals surface area contributed by atoms with Crippen molar-refractivity contribution in [1.82, 2.24) is 4.94 Å². The van der Waals surface area contributed by atoms with Gasteiger partial charge in [0.15, 0.2) is 0 Å². The number of hydrazine groups is 1. The van der Waals surface area contributed by atoms with Crippen molar-refractivity contribution >= 4 is 34.4 Å². The summed E-state index contributed by atoms with van der Waals surface area (Å²) < 4.78 is 5.04. The Balaban J connectivity index is 0.00000121. The lowest BCUT2D eigenvalue weighted by Gasteiger charge is -2.07. The Morgan fingerprint density at radius 3 is 2.58 bits per heavy atom. The molecule has 0 unspecified atom stereocenters. The second-order valence-corrected chi connectivity index (χ2v) is 2.11. The summed E-state index contributed by atoms with van der Waals surface area (Å²) in [5, 5.41) is 0. The molecule has 1 aromatic carbocycles. The molecule has 68 valence electrons. The van der Waals surface area contributed by atoms with Gasteiger partial charge in [-0.2, -0.15) is 0 Å². The number of methoxy groups -OCH3 is 1. The van der Waals surface area contributed by atoms with Crippen LogP contribution in [0.1, 0.15) is 0 Å². The lowest BCUT2D eigenvalue weighted by Crippen LogP contribution is -2.09. The van der Waals surface area contributed by atoms with Gasteiger partial charge < -0.3 is 10.2 Å². The van der Waals surface area contributed by atoms with E-state index in [1.807, 2.05) is 24.3 Å². The van der Waals surface area contributed by atoms with Crippen molar-refractivity contribution in [3.05, 3.63) is 24.3 Å². The molecule has 0 aromatic heterocycles. The van der Waals surface area contributed by atoms with Crippen LogP contribution in [-0.4, -0.2) is 7.11 Å². The highest BCUT2D eigenvalue weighted by atomic mass is 79.9. The lowest BCUT2D eigenvalue weighted by atomic mass is 10.3. The van der Waals surface area contributed by atoms with Gasteiger partial charge in [-0.15, -0.1) is 21.9 Å². The summed E-state index contributed by atoms with van der Waals surface area (Å²) in [7, 11) is 1.61. The fraction of sp³-hybridized carbons (Fsp3) is 0.143. The van der Waals surface area contributed by atoms with Crippen molar-refractivity contribution in [2.24, 2.45) is 0 Å². The van der Waals surface area contributed by atoms with E-state index in [4.69, 9.17) is 16.5 Å². The van der Waals surface area contributed by atoms with E-state index in [-0.39, 0.29) is 17.0 Å². The minimum absolute atomic E-state index is 0. The van der Waals surface area contributed by atoms with E-state index >= 15 is 0 Å². The average Bonchev–Trinajstić information content (AvgIpc) is 2.06. The van der Waals surface area contributed by atoms with Crippen LogP contribution in [0.15, 0.2) is 24.3 Å². The normalized spacial score (nSPS) is 8.50. The number of ether oxygens (including phenoxy) is 1. The van der Waals surface area contributed by atoms with Gasteiger partial charge in [-0.05, 0) is 23.9 Å². The van der Waals surface area contributed by atoms with Gasteiger partial charge in [0.05, 0.1) is 12.8 Å². The summed E-state index contributed by atoms with van der Waals surface area (Å²) in [5.74, 6) is 0.751. The molecule has 0 saturated heterocycles. The topological polar surface area (TPSA) is 33.3 Å². The van der Waals surface area contributed by atoms with Gasteiger partial charge in [0.2, 0.25) is 0 Å². The Morgan fingerprint density at radius 2 is 2.00 bits per heavy atom. The molecule has 0 atom stereocenters. The van der Waals surface area contributed by atoms with E-state index in [2.05, 4.69) is 10.4 Å². The third-order valence-corrected chi connectivity index (χ3v) is 1.38. The number of anilines is 1. The first-order valence-electron chi connectivity index (χ1n) is 3.13. The van der Waals surface area contributed by atoms with Crippen LogP contribution >= 0.6 is 28.8 Å². The van der Waals surface area contributed by atoms with Crippen LogP contribution in [0.2, 0.25) is 0 Å². The van der Waals surface area contributed by atoms with Gasteiger partial charge in [0.25, 0.3) is 0 Å². The highest BCUT2D eigenvalue weighted by Gasteiger charge is 1.97. The van der Waals surface area contributed by atoms with E-state index < -0.39 is 0 Å². The summed E-state index contributed by atoms with van der Waals surface area (Å²) in [5.41, 5.74) is 3.53. The minimum atomic E-state index is 0. The van der Waals surface area contributed by atoms with Crippen LogP contribution in [0.25, 0.3) is 0 Å². The van der Waals surface area contributed by atoms with Gasteiger partial charge in [0.1, 0.15) is 5.75 Å². The molecule has 0 aliphatic rings. The molecule has 1 rings (SSSR count). The Bertz CT molecular complexity index is 234. The van der Waals surface area contributed by atoms with Crippen molar-refractivity contribution in [3.63, 3.8) is 0 Å². The van der Waals surface area contributed by atoms with E-state index in [1.54, 1.807) is 7.11 Å². The molecule has 0 aliphatic carbocycles. The Kier molecular flexibility index (Phi) is 5.88. The first-order valence-corrected chi connectivity index (χ1v) is 3.51. The second-order valence-electron chi connectivity index (χ2n) is 1.92. The smallest absolute Gasteiger partial charge is 0.143 e. The molecule has 0 saturated carbocycles. The maximum absolute atomic E-state index is 5.25. The van der Waals surface area contributed by atoms with Crippen molar-refractivity contribution in [1.29, 1.82) is 0 Å². The maximum Gasteiger partial charge on any atom is 0.143 e. The molecule has 5 heteroatoms. The summed E-state index contributed by atoms with van der Waals surface area (Å²) in [6, 6.07) is 7.47. The number of halogens is 2. The minimum Gasteiger partial charge on any atom is -0.495 e. The largest absolute Gasteiger partial charge is 0.495 e. The van der Waals surface area contributed by atoms with Gasteiger partial charge in [0, 0.05) is 0 Å². The van der Waals surface area contributed by atoms with Crippen molar-refractivity contribution in [2.75, 3.05) is 12.5 Å². The van der Waals surface area contributed by atoms with E-state index in [0.29, 0.717) is 0 Å². The number of nitrogens with one attached hydrogen (secondary N) is 2. The molecule has 2 N–H and O–H groups in total. The number of rotatable bonds is 3. The van der Waals surface area contributed by atoms with Gasteiger partial charge in [-0.3, -0.25) is 0 Å². The summed E-state index contributed by atoms with van der Waals surface area (Å²) >= 11 is 5.25. The molecule has 0 amide bonds. The summed E-state index contributed by atoms with van der Waals surface area (Å²) in [6.07, 6.45) is 0. The summed E-state index contributed by atoms with van der Waals surface area (Å²) in [4.78, 5) is 2.30. The van der Waals surface area contributed by atoms with Crippen molar-refractivity contribution in [3.8, 4) is 5.75 Å². The maximum atomic E-state index is 5.25.